The second kappa shape index (κ2) is 6.35. The number of hydrogen-bond donors (Lipinski definition) is 2. The number of aromatic nitrogens is 3. The molecular weight excluding hydrogens is 318 g/mol. The van der Waals surface area contributed by atoms with Gasteiger partial charge in [0.05, 0.1) is 29.2 Å². The van der Waals surface area contributed by atoms with E-state index in [-0.39, 0.29) is 11.8 Å². The zero-order valence-corrected chi connectivity index (χ0v) is 13.5. The third-order valence-corrected chi connectivity index (χ3v) is 4.38. The minimum atomic E-state index is -0.529. The van der Waals surface area contributed by atoms with Gasteiger partial charge in [-0.2, -0.15) is 0 Å². The molecule has 25 heavy (non-hydrogen) atoms. The fraction of sp³-hybridized carbons (Fsp3) is 0.222. The summed E-state index contributed by atoms with van der Waals surface area (Å²) in [5.74, 6) is -0.363. The molecule has 2 aromatic heterocycles. The molecule has 1 fully saturated rings. The largest absolute Gasteiger partial charge is 0.345 e. The maximum absolute atomic E-state index is 12.7. The predicted octanol–water partition coefficient (Wildman–Crippen LogP) is 1.88. The van der Waals surface area contributed by atoms with Crippen molar-refractivity contribution in [1.29, 1.82) is 0 Å². The molecule has 0 saturated carbocycles. The van der Waals surface area contributed by atoms with E-state index in [1.165, 1.54) is 0 Å². The molecule has 7 heteroatoms. The van der Waals surface area contributed by atoms with Gasteiger partial charge in [0.15, 0.2) is 0 Å². The number of carbonyl (C=O) groups excluding carboxylic acids is 2. The molecular formula is C18H17N5O2. The number of fused-ring (bicyclic) bond motifs is 1. The third-order valence-electron chi connectivity index (χ3n) is 4.38. The monoisotopic (exact) mass is 335 g/mol. The minimum absolute atomic E-state index is 0.102. The summed E-state index contributed by atoms with van der Waals surface area (Å²) in [4.78, 5) is 38.1. The van der Waals surface area contributed by atoms with Gasteiger partial charge in [-0.25, -0.2) is 4.98 Å². The van der Waals surface area contributed by atoms with Crippen molar-refractivity contribution < 1.29 is 9.59 Å². The van der Waals surface area contributed by atoms with Gasteiger partial charge in [-0.15, -0.1) is 0 Å². The number of aromatic amines is 1. The Labute approximate surface area is 144 Å². The maximum atomic E-state index is 12.7. The van der Waals surface area contributed by atoms with E-state index in [1.54, 1.807) is 47.9 Å². The molecule has 1 saturated heterocycles. The predicted molar refractivity (Wildman–Crippen MR) is 93.2 cm³/mol. The summed E-state index contributed by atoms with van der Waals surface area (Å²) in [6.45, 7) is 0.636. The zero-order chi connectivity index (χ0) is 17.2. The lowest BCUT2D eigenvalue weighted by atomic mass is 10.0. The van der Waals surface area contributed by atoms with Crippen LogP contribution in [0.5, 0.6) is 0 Å². The molecule has 3 aromatic rings. The number of anilines is 1. The quantitative estimate of drug-likeness (QED) is 0.764. The topological polar surface area (TPSA) is 91.0 Å². The molecule has 0 aliphatic carbocycles. The smallest absolute Gasteiger partial charge is 0.252 e. The Hall–Kier alpha value is -3.22. The van der Waals surface area contributed by atoms with E-state index >= 15 is 0 Å². The van der Waals surface area contributed by atoms with Gasteiger partial charge in [0.1, 0.15) is 6.04 Å². The second-order valence-electron chi connectivity index (χ2n) is 6.00. The Morgan fingerprint density at radius 1 is 1.32 bits per heavy atom. The van der Waals surface area contributed by atoms with E-state index in [1.807, 2.05) is 6.07 Å². The number of rotatable bonds is 3. The van der Waals surface area contributed by atoms with Crippen LogP contribution in [-0.4, -0.2) is 39.4 Å². The van der Waals surface area contributed by atoms with Crippen LogP contribution in [0.3, 0.4) is 0 Å². The maximum Gasteiger partial charge on any atom is 0.252 e. The SMILES string of the molecule is O=C(NC1CCCN(c2cccnc2)C1=O)c1ccc2nc[nH]c2c1. The number of H-pyrrole nitrogens is 1. The highest BCUT2D eigenvalue weighted by atomic mass is 16.2. The van der Waals surface area contributed by atoms with Crippen molar-refractivity contribution in [3.63, 3.8) is 0 Å². The summed E-state index contributed by atoms with van der Waals surface area (Å²) in [6.07, 6.45) is 6.37. The number of nitrogens with zero attached hydrogens (tertiary/aromatic N) is 3. The van der Waals surface area contributed by atoms with Crippen molar-refractivity contribution in [3.8, 4) is 0 Å². The first-order valence-electron chi connectivity index (χ1n) is 8.18. The van der Waals surface area contributed by atoms with Gasteiger partial charge >= 0.3 is 0 Å². The number of piperidine rings is 1. The van der Waals surface area contributed by atoms with E-state index in [0.29, 0.717) is 18.5 Å². The normalized spacial score (nSPS) is 17.7. The first-order valence-corrected chi connectivity index (χ1v) is 8.18. The molecule has 4 rings (SSSR count). The summed E-state index contributed by atoms with van der Waals surface area (Å²) in [7, 11) is 0. The highest BCUT2D eigenvalue weighted by Gasteiger charge is 2.31. The van der Waals surface area contributed by atoms with Gasteiger partial charge in [0.2, 0.25) is 5.91 Å². The standard InChI is InChI=1S/C18H17N5O2/c24-17(12-5-6-14-16(9-12)21-11-20-14)22-15-4-2-8-23(18(15)25)13-3-1-7-19-10-13/h1,3,5-7,9-11,15H,2,4,8H2,(H,20,21)(H,22,24). The van der Waals surface area contributed by atoms with Gasteiger partial charge in [-0.05, 0) is 43.2 Å². The van der Waals surface area contributed by atoms with Crippen LogP contribution in [0.15, 0.2) is 49.1 Å². The van der Waals surface area contributed by atoms with Crippen molar-refractivity contribution in [3.05, 3.63) is 54.6 Å². The molecule has 1 unspecified atom stereocenters. The van der Waals surface area contributed by atoms with E-state index in [4.69, 9.17) is 0 Å². The molecule has 2 N–H and O–H groups in total. The van der Waals surface area contributed by atoms with Crippen LogP contribution in [0, 0.1) is 0 Å². The zero-order valence-electron chi connectivity index (χ0n) is 13.5. The molecule has 0 bridgehead atoms. The van der Waals surface area contributed by atoms with Crippen LogP contribution in [0.1, 0.15) is 23.2 Å². The number of pyridine rings is 1. The summed E-state index contributed by atoms with van der Waals surface area (Å²) in [6, 6.07) is 8.35. The van der Waals surface area contributed by atoms with Gasteiger partial charge < -0.3 is 15.2 Å². The Kier molecular flexibility index (Phi) is 3.89. The number of nitrogens with one attached hydrogen (secondary N) is 2. The molecule has 1 aliphatic heterocycles. The van der Waals surface area contributed by atoms with Gasteiger partial charge in [-0.3, -0.25) is 14.6 Å². The average molecular weight is 335 g/mol. The Balaban J connectivity index is 1.51. The first kappa shape index (κ1) is 15.3. The summed E-state index contributed by atoms with van der Waals surface area (Å²) < 4.78 is 0. The molecule has 7 nitrogen and oxygen atoms in total. The first-order chi connectivity index (χ1) is 12.2. The molecule has 1 aliphatic rings. The summed E-state index contributed by atoms with van der Waals surface area (Å²) >= 11 is 0. The van der Waals surface area contributed by atoms with Crippen molar-refractivity contribution in [2.45, 2.75) is 18.9 Å². The van der Waals surface area contributed by atoms with Crippen LogP contribution in [0.25, 0.3) is 11.0 Å². The highest BCUT2D eigenvalue weighted by molar-refractivity contribution is 6.03. The molecule has 0 radical (unpaired) electrons. The number of carbonyl (C=O) groups is 2. The molecule has 0 spiro atoms. The second-order valence-corrected chi connectivity index (χ2v) is 6.00. The van der Waals surface area contributed by atoms with E-state index in [0.717, 1.165) is 23.1 Å². The molecule has 1 atom stereocenters. The molecule has 3 heterocycles. The lowest BCUT2D eigenvalue weighted by Crippen LogP contribution is -2.52. The third kappa shape index (κ3) is 2.96. The van der Waals surface area contributed by atoms with Crippen LogP contribution < -0.4 is 10.2 Å². The van der Waals surface area contributed by atoms with Crippen LogP contribution >= 0.6 is 0 Å². The van der Waals surface area contributed by atoms with Crippen molar-refractivity contribution in [1.82, 2.24) is 20.3 Å². The number of benzene rings is 1. The fourth-order valence-electron chi connectivity index (χ4n) is 3.10. The van der Waals surface area contributed by atoms with E-state index < -0.39 is 6.04 Å². The lowest BCUT2D eigenvalue weighted by Gasteiger charge is -2.32. The Bertz CT molecular complexity index is 921. The van der Waals surface area contributed by atoms with E-state index in [2.05, 4.69) is 20.3 Å². The fourth-order valence-corrected chi connectivity index (χ4v) is 3.10. The van der Waals surface area contributed by atoms with Gasteiger partial charge in [0.25, 0.3) is 5.91 Å². The number of hydrogen-bond acceptors (Lipinski definition) is 4. The van der Waals surface area contributed by atoms with E-state index in [9.17, 15) is 9.59 Å². The lowest BCUT2D eigenvalue weighted by molar-refractivity contribution is -0.121. The number of imidazole rings is 1. The molecule has 2 amide bonds. The van der Waals surface area contributed by atoms with Crippen molar-refractivity contribution in [2.75, 3.05) is 11.4 Å². The van der Waals surface area contributed by atoms with Gasteiger partial charge in [0, 0.05) is 18.3 Å². The Morgan fingerprint density at radius 2 is 2.24 bits per heavy atom. The average Bonchev–Trinajstić information content (AvgIpc) is 3.12. The molecule has 126 valence electrons. The highest BCUT2D eigenvalue weighted by Crippen LogP contribution is 2.20. The van der Waals surface area contributed by atoms with Crippen molar-refractivity contribution >= 4 is 28.5 Å². The van der Waals surface area contributed by atoms with Crippen LogP contribution in [-0.2, 0) is 4.79 Å². The Morgan fingerprint density at radius 3 is 3.08 bits per heavy atom. The summed E-state index contributed by atoms with van der Waals surface area (Å²) in [5.41, 5.74) is 2.85. The van der Waals surface area contributed by atoms with Crippen molar-refractivity contribution in [2.24, 2.45) is 0 Å². The molecule has 1 aromatic carbocycles. The number of amides is 2. The van der Waals surface area contributed by atoms with Crippen LogP contribution in [0.4, 0.5) is 5.69 Å². The van der Waals surface area contributed by atoms with Crippen LogP contribution in [0.2, 0.25) is 0 Å². The summed E-state index contributed by atoms with van der Waals surface area (Å²) in [5, 5.41) is 2.86. The van der Waals surface area contributed by atoms with Gasteiger partial charge in [-0.1, -0.05) is 0 Å². The minimum Gasteiger partial charge on any atom is -0.345 e.